The topological polar surface area (TPSA) is 37.8 Å². The minimum absolute atomic E-state index is 0.726. The van der Waals surface area contributed by atoms with Crippen molar-refractivity contribution in [3.63, 3.8) is 0 Å². The number of nitrogens with zero attached hydrogens (tertiary/aromatic N) is 2. The molecule has 17 heavy (non-hydrogen) atoms. The van der Waals surface area contributed by atoms with Gasteiger partial charge in [-0.25, -0.2) is 9.97 Å². The molecule has 2 aromatic rings. The summed E-state index contributed by atoms with van der Waals surface area (Å²) >= 11 is 0. The molecule has 0 spiro atoms. The third kappa shape index (κ3) is 2.68. The molecule has 1 aromatic heterocycles. The molecule has 3 nitrogen and oxygen atoms in total. The average molecular weight is 225 g/mol. The van der Waals surface area contributed by atoms with E-state index >= 15 is 0 Å². The predicted molar refractivity (Wildman–Crippen MR) is 67.3 cm³/mol. The van der Waals surface area contributed by atoms with E-state index in [9.17, 15) is 0 Å². The van der Waals surface area contributed by atoms with Gasteiger partial charge in [-0.15, -0.1) is 0 Å². The Hall–Kier alpha value is -1.74. The van der Waals surface area contributed by atoms with Crippen LogP contribution >= 0.6 is 0 Å². The third-order valence-electron chi connectivity index (χ3n) is 2.91. The van der Waals surface area contributed by atoms with Crippen LogP contribution in [0.5, 0.6) is 0 Å². The molecule has 0 unspecified atom stereocenters. The summed E-state index contributed by atoms with van der Waals surface area (Å²) in [6, 6.07) is 10.8. The quantitative estimate of drug-likeness (QED) is 0.868. The molecule has 86 valence electrons. The molecule has 3 heteroatoms. The van der Waals surface area contributed by atoms with Gasteiger partial charge >= 0.3 is 0 Å². The lowest BCUT2D eigenvalue weighted by atomic mass is 10.2. The van der Waals surface area contributed by atoms with Crippen LogP contribution in [0.2, 0.25) is 0 Å². The zero-order valence-corrected chi connectivity index (χ0v) is 9.63. The molecule has 1 saturated carbocycles. The monoisotopic (exact) mass is 225 g/mol. The normalized spacial score (nSPS) is 14.8. The molecule has 1 aliphatic carbocycles. The van der Waals surface area contributed by atoms with Gasteiger partial charge in [0.25, 0.3) is 0 Å². The smallest absolute Gasteiger partial charge is 0.159 e. The van der Waals surface area contributed by atoms with E-state index in [1.54, 1.807) is 0 Å². The number of rotatable bonds is 4. The maximum atomic E-state index is 4.40. The lowest BCUT2D eigenvalue weighted by Gasteiger charge is -2.03. The van der Waals surface area contributed by atoms with E-state index in [1.807, 2.05) is 42.7 Å². The van der Waals surface area contributed by atoms with E-state index < -0.39 is 0 Å². The van der Waals surface area contributed by atoms with Gasteiger partial charge in [-0.05, 0) is 12.8 Å². The standard InChI is InChI=1S/C14H15N3/c1-2-4-12(5-3-1)14-16-9-11(10-17-14)8-15-13-6-7-13/h1-5,9-10,13,15H,6-8H2. The number of aromatic nitrogens is 2. The van der Waals surface area contributed by atoms with Crippen molar-refractivity contribution in [2.45, 2.75) is 25.4 Å². The predicted octanol–water partition coefficient (Wildman–Crippen LogP) is 2.40. The van der Waals surface area contributed by atoms with Crippen molar-refractivity contribution in [3.05, 3.63) is 48.3 Å². The number of hydrogen-bond donors (Lipinski definition) is 1. The van der Waals surface area contributed by atoms with Gasteiger partial charge in [0.15, 0.2) is 5.82 Å². The highest BCUT2D eigenvalue weighted by Gasteiger charge is 2.19. The Labute approximate surface area is 101 Å². The number of benzene rings is 1. The van der Waals surface area contributed by atoms with Crippen LogP contribution in [0.15, 0.2) is 42.7 Å². The molecule has 0 saturated heterocycles. The van der Waals surface area contributed by atoms with Gasteiger partial charge in [-0.2, -0.15) is 0 Å². The van der Waals surface area contributed by atoms with Crippen molar-refractivity contribution in [3.8, 4) is 11.4 Å². The van der Waals surface area contributed by atoms with Crippen LogP contribution in [0.25, 0.3) is 11.4 Å². The second-order valence-corrected chi connectivity index (χ2v) is 4.44. The maximum absolute atomic E-state index is 4.40. The van der Waals surface area contributed by atoms with E-state index in [4.69, 9.17) is 0 Å². The molecule has 0 radical (unpaired) electrons. The number of hydrogen-bond acceptors (Lipinski definition) is 3. The fourth-order valence-electron chi connectivity index (χ4n) is 1.73. The van der Waals surface area contributed by atoms with Gasteiger partial charge in [0.1, 0.15) is 0 Å². The van der Waals surface area contributed by atoms with Gasteiger partial charge in [-0.3, -0.25) is 0 Å². The first-order valence-electron chi connectivity index (χ1n) is 6.01. The average Bonchev–Trinajstić information content (AvgIpc) is 3.22. The van der Waals surface area contributed by atoms with E-state index in [0.29, 0.717) is 0 Å². The molecular weight excluding hydrogens is 210 g/mol. The molecular formula is C14H15N3. The summed E-state index contributed by atoms with van der Waals surface area (Å²) in [5.41, 5.74) is 2.21. The minimum atomic E-state index is 0.726. The molecule has 1 heterocycles. The number of nitrogens with one attached hydrogen (secondary N) is 1. The zero-order valence-electron chi connectivity index (χ0n) is 9.63. The van der Waals surface area contributed by atoms with Crippen LogP contribution in [0.3, 0.4) is 0 Å². The highest BCUT2D eigenvalue weighted by atomic mass is 15.0. The lowest BCUT2D eigenvalue weighted by Crippen LogP contribution is -2.15. The van der Waals surface area contributed by atoms with Crippen molar-refractivity contribution >= 4 is 0 Å². The second kappa shape index (κ2) is 4.63. The fourth-order valence-corrected chi connectivity index (χ4v) is 1.73. The fraction of sp³-hybridized carbons (Fsp3) is 0.286. The third-order valence-corrected chi connectivity index (χ3v) is 2.91. The molecule has 1 N–H and O–H groups in total. The van der Waals surface area contributed by atoms with Crippen LogP contribution < -0.4 is 5.32 Å². The minimum Gasteiger partial charge on any atom is -0.310 e. The van der Waals surface area contributed by atoms with Crippen molar-refractivity contribution in [1.29, 1.82) is 0 Å². The van der Waals surface area contributed by atoms with E-state index in [2.05, 4.69) is 15.3 Å². The Kier molecular flexibility index (Phi) is 2.84. The first-order valence-corrected chi connectivity index (χ1v) is 6.01. The van der Waals surface area contributed by atoms with Gasteiger partial charge in [-0.1, -0.05) is 30.3 Å². The van der Waals surface area contributed by atoms with Crippen LogP contribution in [0.1, 0.15) is 18.4 Å². The first-order chi connectivity index (χ1) is 8.42. The Bertz CT molecular complexity index is 475. The molecule has 0 bridgehead atoms. The van der Waals surface area contributed by atoms with Gasteiger partial charge in [0.2, 0.25) is 0 Å². The molecule has 3 rings (SSSR count). The maximum Gasteiger partial charge on any atom is 0.159 e. The highest BCUT2D eigenvalue weighted by Crippen LogP contribution is 2.19. The van der Waals surface area contributed by atoms with Gasteiger partial charge in [0, 0.05) is 36.1 Å². The van der Waals surface area contributed by atoms with Crippen LogP contribution in [0, 0.1) is 0 Å². The Morgan fingerprint density at radius 3 is 2.41 bits per heavy atom. The summed E-state index contributed by atoms with van der Waals surface area (Å²) in [7, 11) is 0. The molecule has 0 aliphatic heterocycles. The summed E-state index contributed by atoms with van der Waals surface area (Å²) in [5, 5.41) is 3.45. The molecule has 0 atom stereocenters. The Morgan fingerprint density at radius 2 is 1.76 bits per heavy atom. The Balaban J connectivity index is 1.70. The summed E-state index contributed by atoms with van der Waals surface area (Å²) in [5.74, 6) is 0.792. The zero-order chi connectivity index (χ0) is 11.5. The largest absolute Gasteiger partial charge is 0.310 e. The lowest BCUT2D eigenvalue weighted by molar-refractivity contribution is 0.683. The molecule has 1 aromatic carbocycles. The van der Waals surface area contributed by atoms with Crippen LogP contribution in [-0.2, 0) is 6.54 Å². The van der Waals surface area contributed by atoms with Crippen LogP contribution in [-0.4, -0.2) is 16.0 Å². The Morgan fingerprint density at radius 1 is 1.06 bits per heavy atom. The van der Waals surface area contributed by atoms with Crippen molar-refractivity contribution in [2.75, 3.05) is 0 Å². The SMILES string of the molecule is c1ccc(-c2ncc(CNC3CC3)cn2)cc1. The summed E-state index contributed by atoms with van der Waals surface area (Å²) in [6.45, 7) is 0.875. The van der Waals surface area contributed by atoms with Crippen molar-refractivity contribution < 1.29 is 0 Å². The highest BCUT2D eigenvalue weighted by molar-refractivity contribution is 5.53. The molecule has 0 amide bonds. The summed E-state index contributed by atoms with van der Waals surface area (Å²) < 4.78 is 0. The van der Waals surface area contributed by atoms with Crippen molar-refractivity contribution in [2.24, 2.45) is 0 Å². The van der Waals surface area contributed by atoms with Crippen LogP contribution in [0.4, 0.5) is 0 Å². The van der Waals surface area contributed by atoms with Crippen molar-refractivity contribution in [1.82, 2.24) is 15.3 Å². The molecule has 1 fully saturated rings. The van der Waals surface area contributed by atoms with Gasteiger partial charge in [0.05, 0.1) is 0 Å². The second-order valence-electron chi connectivity index (χ2n) is 4.44. The summed E-state index contributed by atoms with van der Waals surface area (Å²) in [4.78, 5) is 8.79. The first kappa shape index (κ1) is 10.4. The summed E-state index contributed by atoms with van der Waals surface area (Å²) in [6.07, 6.45) is 6.43. The van der Waals surface area contributed by atoms with Gasteiger partial charge < -0.3 is 5.32 Å². The molecule has 1 aliphatic rings. The van der Waals surface area contributed by atoms with E-state index in [-0.39, 0.29) is 0 Å². The van der Waals surface area contributed by atoms with E-state index in [0.717, 1.165) is 29.5 Å². The van der Waals surface area contributed by atoms with E-state index in [1.165, 1.54) is 12.8 Å².